The van der Waals surface area contributed by atoms with Crippen molar-refractivity contribution >= 4 is 70.8 Å². The topological polar surface area (TPSA) is 206 Å². The SMILES string of the molecule is CN.CNc1ccc(C(=O)Nc2ccc(-c3cn4cc(C)ccc4n3)cc2)cn1.Cc1ccc2nc(-c3ccc(NC(=O)c4ccc(Cl)nc4)cc3)cn2c1.Cl.O=CO[O-].[H-].[K+].[K+]. The molecule has 6 heterocycles. The van der Waals surface area contributed by atoms with Gasteiger partial charge in [-0.25, -0.2) is 19.9 Å². The van der Waals surface area contributed by atoms with Gasteiger partial charge in [-0.3, -0.25) is 14.4 Å². The Morgan fingerprint density at radius 3 is 1.45 bits per heavy atom. The van der Waals surface area contributed by atoms with Gasteiger partial charge in [-0.05, 0) is 92.7 Å². The van der Waals surface area contributed by atoms with Crippen LogP contribution in [0.15, 0.2) is 134 Å². The Balaban J connectivity index is 0.000000531. The van der Waals surface area contributed by atoms with Crippen molar-refractivity contribution in [1.82, 2.24) is 28.7 Å². The predicted octanol–water partition coefficient (Wildman–Crippen LogP) is 1.16. The number of pyridine rings is 4. The van der Waals surface area contributed by atoms with Crippen LogP contribution in [-0.4, -0.2) is 61.1 Å². The first kappa shape index (κ1) is 54.2. The number of amides is 2. The molecule has 19 heteroatoms. The van der Waals surface area contributed by atoms with Gasteiger partial charge in [0.25, 0.3) is 18.3 Å². The summed E-state index contributed by atoms with van der Waals surface area (Å²) < 4.78 is 4.02. The standard InChI is InChI=1S/C21H19N5O.C20H15ClN4O.CH5N.CH2O3.ClH.2K.H/c1-14-3-10-20-25-18(13-26(20)12-14)15-4-7-17(8-5-15)24-21(27)16-6-9-19(22-2)23-11-16;1-13-2-9-19-24-17(12-25(19)11-13)14-3-6-16(7-4-14)23-20(26)15-5-8-18(21)22-10-15;1-2;2-1-4-3;;;;/h3-13H,1-2H3,(H,22,23)(H,24,27);2-12H,1H3,(H,23,26);2H2,1H3;1,3H;1H;;;/q;;;;;2*+1;-1/p-1. The number of nitrogens with zero attached hydrogens (tertiary/aromatic N) is 6. The molecule has 0 atom stereocenters. The monoisotopic (exact) mass is 926 g/mol. The smallest absolute Gasteiger partial charge is 1.00 e. The minimum absolute atomic E-state index is 0. The third kappa shape index (κ3) is 15.4. The molecule has 0 aliphatic heterocycles. The van der Waals surface area contributed by atoms with Crippen LogP contribution in [0.25, 0.3) is 33.8 Å². The fourth-order valence-corrected chi connectivity index (χ4v) is 5.64. The molecular weight excluding hydrogens is 886 g/mol. The minimum atomic E-state index is -0.231. The number of nitrogens with two attached hydrogens (primary N) is 1. The molecule has 15 nitrogen and oxygen atoms in total. The quantitative estimate of drug-likeness (QED) is 0.0560. The van der Waals surface area contributed by atoms with Crippen LogP contribution in [0.5, 0.6) is 0 Å². The van der Waals surface area contributed by atoms with Crippen molar-refractivity contribution < 1.29 is 129 Å². The summed E-state index contributed by atoms with van der Waals surface area (Å²) in [6.45, 7) is 3.92. The third-order valence-electron chi connectivity index (χ3n) is 8.39. The van der Waals surface area contributed by atoms with Crippen LogP contribution in [0.4, 0.5) is 17.2 Å². The van der Waals surface area contributed by atoms with Crippen molar-refractivity contribution in [3.05, 3.63) is 162 Å². The number of fused-ring (bicyclic) bond motifs is 2. The number of aromatic nitrogens is 6. The van der Waals surface area contributed by atoms with Crippen LogP contribution in [0, 0.1) is 13.8 Å². The van der Waals surface area contributed by atoms with Gasteiger partial charge in [-0.1, -0.05) is 48.0 Å². The van der Waals surface area contributed by atoms with Crippen LogP contribution in [0.1, 0.15) is 33.3 Å². The molecule has 5 N–H and O–H groups in total. The van der Waals surface area contributed by atoms with Gasteiger partial charge < -0.3 is 42.1 Å². The molecule has 0 saturated carbocycles. The number of rotatable bonds is 8. The molecule has 2 aromatic carbocycles. The molecule has 0 unspecified atom stereocenters. The Hall–Kier alpha value is -3.90. The van der Waals surface area contributed by atoms with E-state index in [1.807, 2.05) is 113 Å². The molecule has 310 valence electrons. The number of carbonyl (C=O) groups excluding carboxylic acids is 3. The number of halogens is 2. The number of aryl methyl sites for hydroxylation is 2. The Bertz CT molecular complexity index is 2650. The van der Waals surface area contributed by atoms with Crippen molar-refractivity contribution in [2.45, 2.75) is 13.8 Å². The fraction of sp³-hybridized carbons (Fsp3) is 0.0930. The van der Waals surface area contributed by atoms with E-state index >= 15 is 0 Å². The largest absolute Gasteiger partial charge is 1.00 e. The third-order valence-corrected chi connectivity index (χ3v) is 8.61. The van der Waals surface area contributed by atoms with E-state index in [0.29, 0.717) is 22.0 Å². The number of benzene rings is 2. The molecule has 8 aromatic rings. The molecular formula is C43H42Cl2K2N10O5. The van der Waals surface area contributed by atoms with E-state index in [9.17, 15) is 9.59 Å². The second kappa shape index (κ2) is 27.3. The van der Waals surface area contributed by atoms with E-state index in [0.717, 1.165) is 45.3 Å². The Morgan fingerprint density at radius 2 is 1.10 bits per heavy atom. The van der Waals surface area contributed by atoms with E-state index in [-0.39, 0.29) is 135 Å². The summed E-state index contributed by atoms with van der Waals surface area (Å²) in [6.07, 6.45) is 11.1. The molecule has 6 aromatic heterocycles. The number of anilines is 3. The molecule has 8 rings (SSSR count). The average Bonchev–Trinajstić information content (AvgIpc) is 3.89. The van der Waals surface area contributed by atoms with Gasteiger partial charge in [0.1, 0.15) is 22.3 Å². The van der Waals surface area contributed by atoms with Crippen molar-refractivity contribution in [3.63, 3.8) is 0 Å². The maximum absolute atomic E-state index is 12.3. The summed E-state index contributed by atoms with van der Waals surface area (Å²) in [5.41, 5.74) is 14.8. The number of imidazole rings is 2. The van der Waals surface area contributed by atoms with Gasteiger partial charge in [-0.15, -0.1) is 12.4 Å². The number of hydrogen-bond acceptors (Lipinski definition) is 11. The summed E-state index contributed by atoms with van der Waals surface area (Å²) >= 11 is 5.74. The molecule has 0 bridgehead atoms. The van der Waals surface area contributed by atoms with Gasteiger partial charge in [-0.2, -0.15) is 0 Å². The Labute approximate surface area is 456 Å². The second-order valence-electron chi connectivity index (χ2n) is 12.5. The Morgan fingerprint density at radius 1 is 0.677 bits per heavy atom. The Kier molecular flexibility index (Phi) is 23.9. The van der Waals surface area contributed by atoms with E-state index in [1.165, 1.54) is 24.4 Å². The first-order chi connectivity index (χ1) is 28.6. The van der Waals surface area contributed by atoms with Gasteiger partial charge in [0, 0.05) is 66.7 Å². The molecule has 0 aliphatic rings. The number of carbonyl (C=O) groups is 3. The summed E-state index contributed by atoms with van der Waals surface area (Å²) in [5, 5.41) is 17.4. The second-order valence-corrected chi connectivity index (χ2v) is 12.9. The zero-order valence-electron chi connectivity index (χ0n) is 35.9. The van der Waals surface area contributed by atoms with Crippen molar-refractivity contribution in [1.29, 1.82) is 0 Å². The van der Waals surface area contributed by atoms with E-state index < -0.39 is 0 Å². The molecule has 0 aliphatic carbocycles. The van der Waals surface area contributed by atoms with Gasteiger partial charge in [0.2, 0.25) is 0 Å². The molecule has 62 heavy (non-hydrogen) atoms. The molecule has 0 spiro atoms. The predicted molar refractivity (Wildman–Crippen MR) is 235 cm³/mol. The van der Waals surface area contributed by atoms with Gasteiger partial charge >= 0.3 is 103 Å². The van der Waals surface area contributed by atoms with Gasteiger partial charge in [0.15, 0.2) is 0 Å². The molecule has 0 radical (unpaired) electrons. The van der Waals surface area contributed by atoms with Crippen LogP contribution < -0.4 is 130 Å². The van der Waals surface area contributed by atoms with E-state index in [4.69, 9.17) is 21.7 Å². The maximum atomic E-state index is 12.3. The van der Waals surface area contributed by atoms with E-state index in [2.05, 4.69) is 53.4 Å². The number of nitrogens with one attached hydrogen (secondary N) is 3. The minimum Gasteiger partial charge on any atom is -1.00 e. The zero-order chi connectivity index (χ0) is 42.3. The summed E-state index contributed by atoms with van der Waals surface area (Å²) in [4.78, 5) is 53.1. The first-order valence-corrected chi connectivity index (χ1v) is 18.3. The van der Waals surface area contributed by atoms with Crippen LogP contribution >= 0.6 is 24.0 Å². The van der Waals surface area contributed by atoms with Crippen molar-refractivity contribution in [3.8, 4) is 22.5 Å². The van der Waals surface area contributed by atoms with E-state index in [1.54, 1.807) is 37.5 Å². The van der Waals surface area contributed by atoms with Crippen molar-refractivity contribution in [2.24, 2.45) is 5.73 Å². The zero-order valence-corrected chi connectivity index (χ0v) is 42.7. The van der Waals surface area contributed by atoms with Crippen molar-refractivity contribution in [2.75, 3.05) is 30.0 Å². The summed E-state index contributed by atoms with van der Waals surface area (Å²) in [7, 11) is 3.29. The molecule has 2 amide bonds. The normalized spacial score (nSPS) is 9.66. The van der Waals surface area contributed by atoms with Gasteiger partial charge in [0.05, 0.1) is 22.5 Å². The summed E-state index contributed by atoms with van der Waals surface area (Å²) in [6, 6.07) is 30.0. The summed E-state index contributed by atoms with van der Waals surface area (Å²) in [5.74, 6) is 0.296. The fourth-order valence-electron chi connectivity index (χ4n) is 5.53. The maximum Gasteiger partial charge on any atom is 1.00 e. The van der Waals surface area contributed by atoms with Crippen LogP contribution in [0.2, 0.25) is 5.15 Å². The number of hydrogen-bond donors (Lipinski definition) is 4. The first-order valence-electron chi connectivity index (χ1n) is 17.9. The van der Waals surface area contributed by atoms with Crippen LogP contribution in [-0.2, 0) is 9.68 Å². The molecule has 0 saturated heterocycles. The average molecular weight is 928 g/mol. The molecule has 0 fully saturated rings. The van der Waals surface area contributed by atoms with Crippen LogP contribution in [0.3, 0.4) is 0 Å².